The SMILES string of the molecule is COCc1nsc(NC(=O)CCc2ccncc2)n1. The molecule has 2 rings (SSSR count). The molecule has 0 saturated carbocycles. The van der Waals surface area contributed by atoms with Crippen LogP contribution in [-0.2, 0) is 22.6 Å². The van der Waals surface area contributed by atoms with Gasteiger partial charge < -0.3 is 10.1 Å². The zero-order chi connectivity index (χ0) is 13.5. The zero-order valence-corrected chi connectivity index (χ0v) is 11.3. The van der Waals surface area contributed by atoms with Gasteiger partial charge in [-0.05, 0) is 24.1 Å². The summed E-state index contributed by atoms with van der Waals surface area (Å²) in [6.45, 7) is 0.351. The van der Waals surface area contributed by atoms with Gasteiger partial charge >= 0.3 is 0 Å². The van der Waals surface area contributed by atoms with E-state index >= 15 is 0 Å². The number of methoxy groups -OCH3 is 1. The Morgan fingerprint density at radius 2 is 2.21 bits per heavy atom. The Morgan fingerprint density at radius 1 is 1.42 bits per heavy atom. The molecular formula is C12H14N4O2S. The summed E-state index contributed by atoms with van der Waals surface area (Å²) < 4.78 is 8.97. The second-order valence-electron chi connectivity index (χ2n) is 3.85. The van der Waals surface area contributed by atoms with Gasteiger partial charge in [0.05, 0.1) is 0 Å². The molecule has 7 heteroatoms. The lowest BCUT2D eigenvalue weighted by Crippen LogP contribution is -2.12. The van der Waals surface area contributed by atoms with Gasteiger partial charge in [-0.15, -0.1) is 0 Å². The summed E-state index contributed by atoms with van der Waals surface area (Å²) in [6, 6.07) is 3.80. The first-order chi connectivity index (χ1) is 9.28. The molecule has 0 aliphatic rings. The number of anilines is 1. The van der Waals surface area contributed by atoms with Gasteiger partial charge in [0.25, 0.3) is 0 Å². The Labute approximate surface area is 115 Å². The van der Waals surface area contributed by atoms with Crippen LogP contribution in [0.25, 0.3) is 0 Å². The fraction of sp³-hybridized carbons (Fsp3) is 0.333. The molecule has 0 atom stereocenters. The highest BCUT2D eigenvalue weighted by Gasteiger charge is 2.08. The third kappa shape index (κ3) is 4.38. The highest BCUT2D eigenvalue weighted by atomic mass is 32.1. The van der Waals surface area contributed by atoms with Gasteiger partial charge in [-0.3, -0.25) is 9.78 Å². The summed E-state index contributed by atoms with van der Waals surface area (Å²) in [7, 11) is 1.58. The predicted molar refractivity (Wildman–Crippen MR) is 71.8 cm³/mol. The highest BCUT2D eigenvalue weighted by molar-refractivity contribution is 7.09. The Bertz CT molecular complexity index is 530. The number of hydrogen-bond donors (Lipinski definition) is 1. The van der Waals surface area contributed by atoms with E-state index in [1.807, 2.05) is 12.1 Å². The monoisotopic (exact) mass is 278 g/mol. The molecule has 6 nitrogen and oxygen atoms in total. The van der Waals surface area contributed by atoms with Crippen molar-refractivity contribution in [2.45, 2.75) is 19.4 Å². The van der Waals surface area contributed by atoms with Crippen LogP contribution in [0.1, 0.15) is 17.8 Å². The lowest BCUT2D eigenvalue weighted by molar-refractivity contribution is -0.116. The Kier molecular flexibility index (Phi) is 4.93. The van der Waals surface area contributed by atoms with E-state index in [1.54, 1.807) is 19.5 Å². The van der Waals surface area contributed by atoms with Crippen LogP contribution in [0.2, 0.25) is 0 Å². The Morgan fingerprint density at radius 3 is 2.95 bits per heavy atom. The summed E-state index contributed by atoms with van der Waals surface area (Å²) in [6.07, 6.45) is 4.52. The number of nitrogens with one attached hydrogen (secondary N) is 1. The normalized spacial score (nSPS) is 10.4. The number of aromatic nitrogens is 3. The van der Waals surface area contributed by atoms with Gasteiger partial charge in [-0.2, -0.15) is 4.37 Å². The van der Waals surface area contributed by atoms with E-state index in [4.69, 9.17) is 4.74 Å². The van der Waals surface area contributed by atoms with Crippen molar-refractivity contribution in [3.8, 4) is 0 Å². The minimum absolute atomic E-state index is 0.0723. The summed E-state index contributed by atoms with van der Waals surface area (Å²) in [5.74, 6) is 0.508. The number of aryl methyl sites for hydroxylation is 1. The van der Waals surface area contributed by atoms with Crippen molar-refractivity contribution in [3.05, 3.63) is 35.9 Å². The first-order valence-electron chi connectivity index (χ1n) is 5.78. The molecule has 100 valence electrons. The molecule has 2 aromatic heterocycles. The quantitative estimate of drug-likeness (QED) is 0.869. The van der Waals surface area contributed by atoms with Crippen LogP contribution in [0.3, 0.4) is 0 Å². The maximum absolute atomic E-state index is 11.7. The second kappa shape index (κ2) is 6.91. The lowest BCUT2D eigenvalue weighted by atomic mass is 10.1. The van der Waals surface area contributed by atoms with Gasteiger partial charge in [0.2, 0.25) is 11.0 Å². The van der Waals surface area contributed by atoms with Crippen LogP contribution < -0.4 is 5.32 Å². The average molecular weight is 278 g/mol. The molecule has 0 bridgehead atoms. The third-order valence-corrected chi connectivity index (χ3v) is 3.05. The molecule has 0 unspecified atom stereocenters. The summed E-state index contributed by atoms with van der Waals surface area (Å²) in [5, 5.41) is 3.23. The van der Waals surface area contributed by atoms with Gasteiger partial charge in [0, 0.05) is 37.5 Å². The number of carbonyl (C=O) groups is 1. The van der Waals surface area contributed by atoms with Crippen LogP contribution in [0, 0.1) is 0 Å². The zero-order valence-electron chi connectivity index (χ0n) is 10.5. The van der Waals surface area contributed by atoms with E-state index < -0.39 is 0 Å². The van der Waals surface area contributed by atoms with E-state index in [2.05, 4.69) is 19.7 Å². The first kappa shape index (κ1) is 13.6. The standard InChI is InChI=1S/C12H14N4O2S/c1-18-8-10-14-12(19-16-10)15-11(17)3-2-9-4-6-13-7-5-9/h4-7H,2-3,8H2,1H3,(H,14,15,16,17). The van der Waals surface area contributed by atoms with E-state index in [-0.39, 0.29) is 5.91 Å². The van der Waals surface area contributed by atoms with Crippen molar-refractivity contribution in [1.82, 2.24) is 14.3 Å². The van der Waals surface area contributed by atoms with E-state index in [0.29, 0.717) is 30.4 Å². The van der Waals surface area contributed by atoms with Gasteiger partial charge in [0.1, 0.15) is 6.61 Å². The lowest BCUT2D eigenvalue weighted by Gasteiger charge is -2.01. The Balaban J connectivity index is 1.80. The van der Waals surface area contributed by atoms with E-state index in [0.717, 1.165) is 17.1 Å². The van der Waals surface area contributed by atoms with Crippen molar-refractivity contribution in [3.63, 3.8) is 0 Å². The van der Waals surface area contributed by atoms with Crippen molar-refractivity contribution in [1.29, 1.82) is 0 Å². The molecule has 0 fully saturated rings. The molecule has 0 saturated heterocycles. The molecular weight excluding hydrogens is 264 g/mol. The summed E-state index contributed by atoms with van der Waals surface area (Å²) in [5.41, 5.74) is 1.09. The van der Waals surface area contributed by atoms with E-state index in [1.165, 1.54) is 0 Å². The van der Waals surface area contributed by atoms with E-state index in [9.17, 15) is 4.79 Å². The van der Waals surface area contributed by atoms with Crippen molar-refractivity contribution in [2.24, 2.45) is 0 Å². The average Bonchev–Trinajstić information content (AvgIpc) is 2.85. The maximum Gasteiger partial charge on any atom is 0.226 e. The van der Waals surface area contributed by atoms with Crippen molar-refractivity contribution < 1.29 is 9.53 Å². The maximum atomic E-state index is 11.7. The fourth-order valence-corrected chi connectivity index (χ4v) is 2.07. The van der Waals surface area contributed by atoms with Crippen molar-refractivity contribution in [2.75, 3.05) is 12.4 Å². The number of nitrogens with zero attached hydrogens (tertiary/aromatic N) is 3. The van der Waals surface area contributed by atoms with Crippen LogP contribution in [-0.4, -0.2) is 27.4 Å². The Hall–Kier alpha value is -1.86. The molecule has 0 aliphatic heterocycles. The fourth-order valence-electron chi connectivity index (χ4n) is 1.48. The third-order valence-electron chi connectivity index (χ3n) is 2.38. The van der Waals surface area contributed by atoms with Crippen LogP contribution in [0.4, 0.5) is 5.13 Å². The minimum Gasteiger partial charge on any atom is -0.377 e. The molecule has 2 heterocycles. The molecule has 2 aromatic rings. The highest BCUT2D eigenvalue weighted by Crippen LogP contribution is 2.12. The number of pyridine rings is 1. The molecule has 0 aliphatic carbocycles. The molecule has 0 radical (unpaired) electrons. The predicted octanol–water partition coefficient (Wildman–Crippen LogP) is 1.65. The van der Waals surface area contributed by atoms with Crippen molar-refractivity contribution >= 4 is 22.6 Å². The second-order valence-corrected chi connectivity index (χ2v) is 4.60. The topological polar surface area (TPSA) is 77.0 Å². The first-order valence-corrected chi connectivity index (χ1v) is 6.55. The largest absolute Gasteiger partial charge is 0.377 e. The van der Waals surface area contributed by atoms with Gasteiger partial charge in [-0.1, -0.05) is 0 Å². The van der Waals surface area contributed by atoms with Gasteiger partial charge in [0.15, 0.2) is 5.82 Å². The summed E-state index contributed by atoms with van der Waals surface area (Å²) >= 11 is 1.16. The summed E-state index contributed by atoms with van der Waals surface area (Å²) in [4.78, 5) is 19.8. The van der Waals surface area contributed by atoms with Crippen LogP contribution in [0.5, 0.6) is 0 Å². The number of carbonyl (C=O) groups excluding carboxylic acids is 1. The number of ether oxygens (including phenoxy) is 1. The van der Waals surface area contributed by atoms with Crippen LogP contribution in [0.15, 0.2) is 24.5 Å². The van der Waals surface area contributed by atoms with Crippen LogP contribution >= 0.6 is 11.5 Å². The molecule has 19 heavy (non-hydrogen) atoms. The van der Waals surface area contributed by atoms with Gasteiger partial charge in [-0.25, -0.2) is 4.98 Å². The number of hydrogen-bond acceptors (Lipinski definition) is 6. The molecule has 1 N–H and O–H groups in total. The number of rotatable bonds is 6. The molecule has 0 spiro atoms. The number of amides is 1. The minimum atomic E-state index is -0.0723. The smallest absolute Gasteiger partial charge is 0.226 e. The molecule has 0 aromatic carbocycles. The molecule has 1 amide bonds.